The molecule has 0 bridgehead atoms. The van der Waals surface area contributed by atoms with Crippen molar-refractivity contribution in [3.8, 4) is 0 Å². The zero-order chi connectivity index (χ0) is 14.7. The van der Waals surface area contributed by atoms with Crippen LogP contribution in [0.4, 0.5) is 10.1 Å². The van der Waals surface area contributed by atoms with Crippen molar-refractivity contribution in [2.75, 3.05) is 5.32 Å². The van der Waals surface area contributed by atoms with Gasteiger partial charge in [0.05, 0.1) is 5.02 Å². The van der Waals surface area contributed by atoms with Gasteiger partial charge in [0.15, 0.2) is 6.04 Å². The van der Waals surface area contributed by atoms with E-state index in [1.807, 2.05) is 0 Å². The Morgan fingerprint density at radius 2 is 1.90 bits per heavy atom. The van der Waals surface area contributed by atoms with E-state index < -0.39 is 17.8 Å². The molecule has 104 valence electrons. The van der Waals surface area contributed by atoms with Gasteiger partial charge in [-0.3, -0.25) is 0 Å². The molecule has 6 heteroatoms. The molecule has 0 radical (unpaired) electrons. The summed E-state index contributed by atoms with van der Waals surface area (Å²) in [6, 6.07) is 9.36. The predicted octanol–water partition coefficient (Wildman–Crippen LogP) is 4.48. The summed E-state index contributed by atoms with van der Waals surface area (Å²) < 4.78 is 13.5. The number of halogens is 3. The summed E-state index contributed by atoms with van der Waals surface area (Å²) in [5.74, 6) is -1.46. The third-order valence-corrected chi connectivity index (χ3v) is 3.89. The van der Waals surface area contributed by atoms with E-state index in [1.54, 1.807) is 18.2 Å². The van der Waals surface area contributed by atoms with Crippen LogP contribution in [0.3, 0.4) is 0 Å². The molecule has 3 nitrogen and oxygen atoms in total. The standard InChI is InChI=1S/C14H10BrClFNO2/c15-11-7-10(5-6-12(11)16)18-13(14(19)20)8-1-3-9(17)4-2-8/h1-7,13,18H,(H,19,20). The van der Waals surface area contributed by atoms with Crippen molar-refractivity contribution in [2.45, 2.75) is 6.04 Å². The lowest BCUT2D eigenvalue weighted by Crippen LogP contribution is -2.20. The minimum absolute atomic E-state index is 0.410. The smallest absolute Gasteiger partial charge is 0.330 e. The van der Waals surface area contributed by atoms with Crippen LogP contribution in [0.2, 0.25) is 5.02 Å². The molecule has 0 aliphatic carbocycles. The highest BCUT2D eigenvalue weighted by molar-refractivity contribution is 9.10. The zero-order valence-corrected chi connectivity index (χ0v) is 12.5. The molecular weight excluding hydrogens is 349 g/mol. The van der Waals surface area contributed by atoms with Crippen LogP contribution in [0.5, 0.6) is 0 Å². The van der Waals surface area contributed by atoms with Crippen LogP contribution in [0, 0.1) is 5.82 Å². The number of hydrogen-bond acceptors (Lipinski definition) is 2. The first-order valence-corrected chi connectivity index (χ1v) is 6.84. The van der Waals surface area contributed by atoms with Gasteiger partial charge in [-0.25, -0.2) is 9.18 Å². The van der Waals surface area contributed by atoms with Crippen molar-refractivity contribution in [1.82, 2.24) is 0 Å². The summed E-state index contributed by atoms with van der Waals surface area (Å²) in [5, 5.41) is 12.7. The molecule has 1 unspecified atom stereocenters. The SMILES string of the molecule is O=C(O)C(Nc1ccc(Cl)c(Br)c1)c1ccc(F)cc1. The van der Waals surface area contributed by atoms with E-state index in [2.05, 4.69) is 21.2 Å². The number of rotatable bonds is 4. The maximum Gasteiger partial charge on any atom is 0.330 e. The number of anilines is 1. The fraction of sp³-hybridized carbons (Fsp3) is 0.0714. The topological polar surface area (TPSA) is 49.3 Å². The van der Waals surface area contributed by atoms with E-state index in [0.29, 0.717) is 20.7 Å². The van der Waals surface area contributed by atoms with Gasteiger partial charge in [0, 0.05) is 10.2 Å². The molecule has 0 saturated heterocycles. The number of aliphatic carboxylic acids is 1. The number of carboxylic acid groups (broad SMARTS) is 1. The van der Waals surface area contributed by atoms with Gasteiger partial charge in [-0.15, -0.1) is 0 Å². The minimum atomic E-state index is -1.05. The number of carbonyl (C=O) groups is 1. The summed E-state index contributed by atoms with van der Waals surface area (Å²) in [6.07, 6.45) is 0. The lowest BCUT2D eigenvalue weighted by atomic mass is 10.1. The van der Waals surface area contributed by atoms with Crippen molar-refractivity contribution >= 4 is 39.2 Å². The molecule has 1 atom stereocenters. The monoisotopic (exact) mass is 357 g/mol. The Bertz CT molecular complexity index is 634. The largest absolute Gasteiger partial charge is 0.479 e. The van der Waals surface area contributed by atoms with Gasteiger partial charge < -0.3 is 10.4 Å². The molecule has 2 aromatic carbocycles. The van der Waals surface area contributed by atoms with Gasteiger partial charge in [0.2, 0.25) is 0 Å². The van der Waals surface area contributed by atoms with Gasteiger partial charge >= 0.3 is 5.97 Å². The molecule has 0 aliphatic heterocycles. The van der Waals surface area contributed by atoms with Gasteiger partial charge in [-0.05, 0) is 51.8 Å². The van der Waals surface area contributed by atoms with Crippen LogP contribution in [0.1, 0.15) is 11.6 Å². The summed E-state index contributed by atoms with van der Waals surface area (Å²) in [6.45, 7) is 0. The van der Waals surface area contributed by atoms with E-state index >= 15 is 0 Å². The van der Waals surface area contributed by atoms with Crippen molar-refractivity contribution in [1.29, 1.82) is 0 Å². The van der Waals surface area contributed by atoms with Gasteiger partial charge in [-0.2, -0.15) is 0 Å². The molecule has 2 aromatic rings. The Hall–Kier alpha value is -1.59. The normalized spacial score (nSPS) is 11.9. The van der Waals surface area contributed by atoms with Crippen LogP contribution in [0.15, 0.2) is 46.9 Å². The molecule has 0 saturated carbocycles. The number of carboxylic acids is 1. The molecule has 0 heterocycles. The second-order valence-corrected chi connectivity index (χ2v) is 5.36. The van der Waals surface area contributed by atoms with Crippen LogP contribution >= 0.6 is 27.5 Å². The summed E-state index contributed by atoms with van der Waals surface area (Å²) in [4.78, 5) is 11.3. The maximum atomic E-state index is 12.9. The average Bonchev–Trinajstić information content (AvgIpc) is 2.41. The summed E-state index contributed by atoms with van der Waals surface area (Å²) in [7, 11) is 0. The molecule has 0 aliphatic rings. The lowest BCUT2D eigenvalue weighted by molar-refractivity contribution is -0.138. The Labute approximate surface area is 128 Å². The Balaban J connectivity index is 2.27. The predicted molar refractivity (Wildman–Crippen MR) is 79.6 cm³/mol. The highest BCUT2D eigenvalue weighted by Gasteiger charge is 2.19. The van der Waals surface area contributed by atoms with Crippen molar-refractivity contribution in [2.24, 2.45) is 0 Å². The average molecular weight is 359 g/mol. The quantitative estimate of drug-likeness (QED) is 0.847. The molecule has 0 aromatic heterocycles. The molecule has 0 amide bonds. The lowest BCUT2D eigenvalue weighted by Gasteiger charge is -2.16. The second kappa shape index (κ2) is 6.24. The first kappa shape index (κ1) is 14.8. The van der Waals surface area contributed by atoms with Crippen molar-refractivity contribution in [3.05, 3.63) is 63.3 Å². The Morgan fingerprint density at radius 1 is 1.25 bits per heavy atom. The third-order valence-electron chi connectivity index (χ3n) is 2.68. The number of hydrogen-bond donors (Lipinski definition) is 2. The summed E-state index contributed by atoms with van der Waals surface area (Å²) in [5.41, 5.74) is 1.06. The van der Waals surface area contributed by atoms with Gasteiger partial charge in [-0.1, -0.05) is 23.7 Å². The van der Waals surface area contributed by atoms with E-state index in [1.165, 1.54) is 24.3 Å². The van der Waals surface area contributed by atoms with Crippen LogP contribution in [-0.4, -0.2) is 11.1 Å². The minimum Gasteiger partial charge on any atom is -0.479 e. The molecule has 0 fully saturated rings. The molecular formula is C14H10BrClFNO2. The fourth-order valence-electron chi connectivity index (χ4n) is 1.70. The van der Waals surface area contributed by atoms with Crippen molar-refractivity contribution < 1.29 is 14.3 Å². The second-order valence-electron chi connectivity index (χ2n) is 4.10. The van der Waals surface area contributed by atoms with Gasteiger partial charge in [0.25, 0.3) is 0 Å². The first-order valence-electron chi connectivity index (χ1n) is 5.67. The first-order chi connectivity index (χ1) is 9.47. The van der Waals surface area contributed by atoms with Crippen LogP contribution in [-0.2, 0) is 4.79 Å². The highest BCUT2D eigenvalue weighted by Crippen LogP contribution is 2.28. The summed E-state index contributed by atoms with van der Waals surface area (Å²) >= 11 is 9.15. The third kappa shape index (κ3) is 3.49. The number of benzene rings is 2. The van der Waals surface area contributed by atoms with Gasteiger partial charge in [0.1, 0.15) is 5.82 Å². The number of nitrogens with one attached hydrogen (secondary N) is 1. The molecule has 20 heavy (non-hydrogen) atoms. The zero-order valence-electron chi connectivity index (χ0n) is 10.1. The van der Waals surface area contributed by atoms with E-state index in [0.717, 1.165) is 0 Å². The Kier molecular flexibility index (Phi) is 4.62. The molecule has 2 rings (SSSR count). The van der Waals surface area contributed by atoms with Crippen LogP contribution < -0.4 is 5.32 Å². The highest BCUT2D eigenvalue weighted by atomic mass is 79.9. The van der Waals surface area contributed by atoms with E-state index in [-0.39, 0.29) is 0 Å². The van der Waals surface area contributed by atoms with E-state index in [9.17, 15) is 14.3 Å². The van der Waals surface area contributed by atoms with Crippen LogP contribution in [0.25, 0.3) is 0 Å². The van der Waals surface area contributed by atoms with Crippen molar-refractivity contribution in [3.63, 3.8) is 0 Å². The fourth-order valence-corrected chi connectivity index (χ4v) is 2.19. The maximum absolute atomic E-state index is 12.9. The molecule has 0 spiro atoms. The molecule has 2 N–H and O–H groups in total. The van der Waals surface area contributed by atoms with E-state index in [4.69, 9.17) is 11.6 Å². The Morgan fingerprint density at radius 3 is 2.45 bits per heavy atom.